The molecule has 0 aliphatic rings. The van der Waals surface area contributed by atoms with Crippen LogP contribution in [0.2, 0.25) is 0 Å². The summed E-state index contributed by atoms with van der Waals surface area (Å²) in [6.45, 7) is 0.782. The minimum absolute atomic E-state index is 0.187. The van der Waals surface area contributed by atoms with Gasteiger partial charge in [-0.05, 0) is 29.3 Å². The smallest absolute Gasteiger partial charge is 0.319 e. The van der Waals surface area contributed by atoms with Gasteiger partial charge in [0, 0.05) is 18.9 Å². The summed E-state index contributed by atoms with van der Waals surface area (Å²) in [4.78, 5) is 8.33. The van der Waals surface area contributed by atoms with Crippen LogP contribution in [0.15, 0.2) is 34.2 Å². The summed E-state index contributed by atoms with van der Waals surface area (Å²) < 4.78 is 26.3. The zero-order valence-corrected chi connectivity index (χ0v) is 12.4. The Morgan fingerprint density at radius 2 is 2.33 bits per heavy atom. The van der Waals surface area contributed by atoms with Crippen LogP contribution >= 0.6 is 11.3 Å². The first-order valence-corrected chi connectivity index (χ1v) is 7.48. The second-order valence-electron chi connectivity index (χ2n) is 4.21. The number of aromatic nitrogens is 2. The molecule has 0 amide bonds. The zero-order valence-electron chi connectivity index (χ0n) is 11.6. The van der Waals surface area contributed by atoms with Crippen LogP contribution < -0.4 is 10.6 Å². The van der Waals surface area contributed by atoms with E-state index in [2.05, 4.69) is 20.6 Å². The van der Waals surface area contributed by atoms with Gasteiger partial charge in [-0.2, -0.15) is 20.1 Å². The summed E-state index contributed by atoms with van der Waals surface area (Å²) in [5.74, 6) is 0.846. The monoisotopic (exact) mass is 313 g/mol. The number of halogens is 2. The Kier molecular flexibility index (Phi) is 5.68. The SMILES string of the molecule is CCNC(=NCc1ccsc1)NCc1nccn1C(F)F. The van der Waals surface area contributed by atoms with E-state index in [1.165, 1.54) is 12.4 Å². The third kappa shape index (κ3) is 4.52. The van der Waals surface area contributed by atoms with Crippen molar-refractivity contribution < 1.29 is 8.78 Å². The molecule has 2 rings (SSSR count). The fraction of sp³-hybridized carbons (Fsp3) is 0.385. The summed E-state index contributed by atoms with van der Waals surface area (Å²) in [5, 5.41) is 10.1. The molecule has 0 saturated heterocycles. The van der Waals surface area contributed by atoms with Gasteiger partial charge in [0.15, 0.2) is 5.96 Å². The highest BCUT2D eigenvalue weighted by molar-refractivity contribution is 7.07. The van der Waals surface area contributed by atoms with E-state index in [0.29, 0.717) is 19.0 Å². The predicted molar refractivity (Wildman–Crippen MR) is 79.5 cm³/mol. The van der Waals surface area contributed by atoms with Crippen molar-refractivity contribution in [3.8, 4) is 0 Å². The van der Waals surface area contributed by atoms with Gasteiger partial charge < -0.3 is 10.6 Å². The number of hydrogen-bond acceptors (Lipinski definition) is 3. The molecular weight excluding hydrogens is 296 g/mol. The molecule has 2 aromatic heterocycles. The number of guanidine groups is 1. The summed E-state index contributed by atoms with van der Waals surface area (Å²) in [6.07, 6.45) is 2.62. The van der Waals surface area contributed by atoms with Gasteiger partial charge >= 0.3 is 6.55 Å². The van der Waals surface area contributed by atoms with Crippen molar-refractivity contribution >= 4 is 17.3 Å². The topological polar surface area (TPSA) is 54.2 Å². The molecule has 114 valence electrons. The molecule has 2 heterocycles. The van der Waals surface area contributed by atoms with E-state index in [0.717, 1.165) is 10.1 Å². The van der Waals surface area contributed by atoms with Gasteiger partial charge in [-0.25, -0.2) is 9.98 Å². The van der Waals surface area contributed by atoms with Crippen molar-refractivity contribution in [3.05, 3.63) is 40.6 Å². The average Bonchev–Trinajstić information content (AvgIpc) is 3.12. The molecule has 0 bridgehead atoms. The van der Waals surface area contributed by atoms with Gasteiger partial charge in [0.1, 0.15) is 5.82 Å². The molecule has 21 heavy (non-hydrogen) atoms. The van der Waals surface area contributed by atoms with Gasteiger partial charge in [-0.3, -0.25) is 4.57 Å². The first-order chi connectivity index (χ1) is 10.2. The highest BCUT2D eigenvalue weighted by Gasteiger charge is 2.11. The number of imidazole rings is 1. The van der Waals surface area contributed by atoms with Crippen LogP contribution in [0.3, 0.4) is 0 Å². The van der Waals surface area contributed by atoms with Gasteiger partial charge in [0.05, 0.1) is 13.1 Å². The van der Waals surface area contributed by atoms with E-state index in [1.54, 1.807) is 11.3 Å². The van der Waals surface area contributed by atoms with Crippen molar-refractivity contribution in [2.24, 2.45) is 4.99 Å². The Morgan fingerprint density at radius 1 is 1.48 bits per heavy atom. The normalized spacial score (nSPS) is 11.9. The van der Waals surface area contributed by atoms with Gasteiger partial charge in [0.2, 0.25) is 0 Å². The maximum Gasteiger partial charge on any atom is 0.319 e. The number of hydrogen-bond donors (Lipinski definition) is 2. The van der Waals surface area contributed by atoms with Crippen LogP contribution in [-0.4, -0.2) is 22.1 Å². The Bertz CT molecular complexity index is 565. The van der Waals surface area contributed by atoms with Crippen LogP contribution in [0.4, 0.5) is 8.78 Å². The summed E-state index contributed by atoms with van der Waals surface area (Å²) >= 11 is 1.61. The van der Waals surface area contributed by atoms with Crippen LogP contribution in [0, 0.1) is 0 Å². The highest BCUT2D eigenvalue weighted by Crippen LogP contribution is 2.12. The predicted octanol–water partition coefficient (Wildman–Crippen LogP) is 2.60. The van der Waals surface area contributed by atoms with Crippen molar-refractivity contribution in [2.75, 3.05) is 6.54 Å². The fourth-order valence-electron chi connectivity index (χ4n) is 1.72. The highest BCUT2D eigenvalue weighted by atomic mass is 32.1. The van der Waals surface area contributed by atoms with Crippen molar-refractivity contribution in [2.45, 2.75) is 26.6 Å². The van der Waals surface area contributed by atoms with Crippen molar-refractivity contribution in [1.82, 2.24) is 20.2 Å². The van der Waals surface area contributed by atoms with Crippen LogP contribution in [0.5, 0.6) is 0 Å². The molecule has 0 aliphatic carbocycles. The summed E-state index contributed by atoms with van der Waals surface area (Å²) in [7, 11) is 0. The standard InChI is InChI=1S/C13H17F2N5S/c1-2-16-13(18-7-10-3-6-21-9-10)19-8-11-17-4-5-20(11)12(14)15/h3-6,9,12H,2,7-8H2,1H3,(H2,16,18,19). The largest absolute Gasteiger partial charge is 0.357 e. The van der Waals surface area contributed by atoms with E-state index < -0.39 is 6.55 Å². The molecular formula is C13H17F2N5S. The number of nitrogens with one attached hydrogen (secondary N) is 2. The Hall–Kier alpha value is -1.96. The fourth-order valence-corrected chi connectivity index (χ4v) is 2.38. The maximum absolute atomic E-state index is 12.7. The molecule has 0 radical (unpaired) electrons. The quantitative estimate of drug-likeness (QED) is 0.637. The zero-order chi connectivity index (χ0) is 15.1. The minimum atomic E-state index is -2.59. The molecule has 2 N–H and O–H groups in total. The second-order valence-corrected chi connectivity index (χ2v) is 4.99. The first kappa shape index (κ1) is 15.4. The van der Waals surface area contributed by atoms with E-state index in [4.69, 9.17) is 0 Å². The number of thiophene rings is 1. The molecule has 2 aromatic rings. The third-order valence-corrected chi connectivity index (χ3v) is 3.45. The molecule has 0 spiro atoms. The Labute approximate surface area is 125 Å². The lowest BCUT2D eigenvalue weighted by atomic mass is 10.3. The van der Waals surface area contributed by atoms with Gasteiger partial charge in [-0.1, -0.05) is 0 Å². The van der Waals surface area contributed by atoms with E-state index >= 15 is 0 Å². The lowest BCUT2D eigenvalue weighted by molar-refractivity contribution is 0.0668. The average molecular weight is 313 g/mol. The molecule has 0 saturated carbocycles. The molecule has 8 heteroatoms. The summed E-state index contributed by atoms with van der Waals surface area (Å²) in [5.41, 5.74) is 1.12. The molecule has 0 fully saturated rings. The lowest BCUT2D eigenvalue weighted by Gasteiger charge is -2.12. The molecule has 0 unspecified atom stereocenters. The molecule has 0 aromatic carbocycles. The molecule has 0 atom stereocenters. The molecule has 5 nitrogen and oxygen atoms in total. The van der Waals surface area contributed by atoms with Crippen LogP contribution in [0.25, 0.3) is 0 Å². The van der Waals surface area contributed by atoms with E-state index in [9.17, 15) is 8.78 Å². The summed E-state index contributed by atoms with van der Waals surface area (Å²) in [6, 6.07) is 2.00. The van der Waals surface area contributed by atoms with Gasteiger partial charge in [0.25, 0.3) is 0 Å². The minimum Gasteiger partial charge on any atom is -0.357 e. The second kappa shape index (κ2) is 7.72. The number of rotatable bonds is 6. The van der Waals surface area contributed by atoms with E-state index in [-0.39, 0.29) is 12.4 Å². The number of aliphatic imine (C=N–C) groups is 1. The van der Waals surface area contributed by atoms with E-state index in [1.807, 2.05) is 23.8 Å². The van der Waals surface area contributed by atoms with Crippen LogP contribution in [0.1, 0.15) is 24.9 Å². The first-order valence-electron chi connectivity index (χ1n) is 6.53. The van der Waals surface area contributed by atoms with Crippen molar-refractivity contribution in [1.29, 1.82) is 0 Å². The number of nitrogens with zero attached hydrogens (tertiary/aromatic N) is 3. The maximum atomic E-state index is 12.7. The van der Waals surface area contributed by atoms with Gasteiger partial charge in [-0.15, -0.1) is 0 Å². The van der Waals surface area contributed by atoms with Crippen LogP contribution in [-0.2, 0) is 13.1 Å². The molecule has 0 aliphatic heterocycles. The van der Waals surface area contributed by atoms with Crippen molar-refractivity contribution in [3.63, 3.8) is 0 Å². The Morgan fingerprint density at radius 3 is 3.00 bits per heavy atom. The third-order valence-electron chi connectivity index (χ3n) is 2.72. The Balaban J connectivity index is 1.96. The number of alkyl halides is 2. The lowest BCUT2D eigenvalue weighted by Crippen LogP contribution is -2.37.